The van der Waals surface area contributed by atoms with Crippen molar-refractivity contribution in [2.45, 2.75) is 57.9 Å². The van der Waals surface area contributed by atoms with Gasteiger partial charge in [-0.05, 0) is 51.3 Å². The SMILES string of the molecule is CC(C)Oc1ccc(C(O)C(C)NC2CC2)cc1F. The minimum absolute atomic E-state index is 0.0688. The summed E-state index contributed by atoms with van der Waals surface area (Å²) in [5.74, 6) is -0.197. The normalized spacial score (nSPS) is 18.4. The number of hydrogen-bond donors (Lipinski definition) is 2. The van der Waals surface area contributed by atoms with Gasteiger partial charge in [-0.1, -0.05) is 6.07 Å². The van der Waals surface area contributed by atoms with E-state index < -0.39 is 11.9 Å². The maximum atomic E-state index is 13.9. The van der Waals surface area contributed by atoms with E-state index in [9.17, 15) is 9.50 Å². The lowest BCUT2D eigenvalue weighted by Gasteiger charge is -2.21. The van der Waals surface area contributed by atoms with Crippen molar-refractivity contribution >= 4 is 0 Å². The Hall–Kier alpha value is -1.13. The molecule has 4 heteroatoms. The van der Waals surface area contributed by atoms with Gasteiger partial charge in [0.15, 0.2) is 11.6 Å². The van der Waals surface area contributed by atoms with Crippen molar-refractivity contribution in [1.82, 2.24) is 5.32 Å². The summed E-state index contributed by atoms with van der Waals surface area (Å²) in [6.45, 7) is 5.62. The van der Waals surface area contributed by atoms with E-state index in [-0.39, 0.29) is 17.9 Å². The molecule has 3 nitrogen and oxygen atoms in total. The second-order valence-electron chi connectivity index (χ2n) is 5.53. The van der Waals surface area contributed by atoms with Crippen molar-refractivity contribution in [3.05, 3.63) is 29.6 Å². The zero-order chi connectivity index (χ0) is 14.0. The molecule has 0 aromatic heterocycles. The van der Waals surface area contributed by atoms with Gasteiger partial charge in [-0.25, -0.2) is 4.39 Å². The average molecular weight is 267 g/mol. The van der Waals surface area contributed by atoms with Gasteiger partial charge < -0.3 is 15.2 Å². The van der Waals surface area contributed by atoms with Crippen molar-refractivity contribution < 1.29 is 14.2 Å². The monoisotopic (exact) mass is 267 g/mol. The highest BCUT2D eigenvalue weighted by atomic mass is 19.1. The van der Waals surface area contributed by atoms with Crippen LogP contribution >= 0.6 is 0 Å². The van der Waals surface area contributed by atoms with Gasteiger partial charge in [-0.15, -0.1) is 0 Å². The third-order valence-corrected chi connectivity index (χ3v) is 3.21. The van der Waals surface area contributed by atoms with Gasteiger partial charge in [0.25, 0.3) is 0 Å². The van der Waals surface area contributed by atoms with Crippen LogP contribution in [0.15, 0.2) is 18.2 Å². The number of nitrogens with one attached hydrogen (secondary N) is 1. The second-order valence-corrected chi connectivity index (χ2v) is 5.53. The lowest BCUT2D eigenvalue weighted by atomic mass is 10.0. The van der Waals surface area contributed by atoms with Gasteiger partial charge in [0.1, 0.15) is 0 Å². The Morgan fingerprint density at radius 3 is 2.53 bits per heavy atom. The fourth-order valence-electron chi connectivity index (χ4n) is 2.05. The third-order valence-electron chi connectivity index (χ3n) is 3.21. The molecule has 2 N–H and O–H groups in total. The lowest BCUT2D eigenvalue weighted by molar-refractivity contribution is 0.134. The van der Waals surface area contributed by atoms with Crippen LogP contribution < -0.4 is 10.1 Å². The number of hydrogen-bond acceptors (Lipinski definition) is 3. The Labute approximate surface area is 113 Å². The molecule has 1 aromatic rings. The molecule has 0 bridgehead atoms. The second kappa shape index (κ2) is 5.88. The van der Waals surface area contributed by atoms with E-state index in [1.54, 1.807) is 12.1 Å². The number of ether oxygens (including phenoxy) is 1. The summed E-state index contributed by atoms with van der Waals surface area (Å²) in [6.07, 6.45) is 1.54. The molecule has 2 unspecified atom stereocenters. The molecular weight excluding hydrogens is 245 g/mol. The molecule has 0 aliphatic heterocycles. The highest BCUT2D eigenvalue weighted by Gasteiger charge is 2.26. The van der Waals surface area contributed by atoms with E-state index >= 15 is 0 Å². The minimum atomic E-state index is -0.705. The molecule has 0 heterocycles. The van der Waals surface area contributed by atoms with Crippen LogP contribution in [0, 0.1) is 5.82 Å². The molecular formula is C15H22FNO2. The van der Waals surface area contributed by atoms with Gasteiger partial charge >= 0.3 is 0 Å². The zero-order valence-electron chi connectivity index (χ0n) is 11.7. The van der Waals surface area contributed by atoms with Crippen molar-refractivity contribution in [1.29, 1.82) is 0 Å². The van der Waals surface area contributed by atoms with E-state index in [1.165, 1.54) is 6.07 Å². The average Bonchev–Trinajstić information content (AvgIpc) is 3.14. The van der Waals surface area contributed by atoms with E-state index in [0.29, 0.717) is 11.6 Å². The number of aliphatic hydroxyl groups excluding tert-OH is 1. The molecule has 19 heavy (non-hydrogen) atoms. The molecule has 1 fully saturated rings. The molecule has 0 spiro atoms. The largest absolute Gasteiger partial charge is 0.488 e. The van der Waals surface area contributed by atoms with Crippen LogP contribution in [0.25, 0.3) is 0 Å². The Balaban J connectivity index is 2.04. The minimum Gasteiger partial charge on any atom is -0.488 e. The fraction of sp³-hybridized carbons (Fsp3) is 0.600. The summed E-state index contributed by atoms with van der Waals surface area (Å²) in [5.41, 5.74) is 0.578. The molecule has 2 atom stereocenters. The predicted molar refractivity (Wildman–Crippen MR) is 72.7 cm³/mol. The lowest BCUT2D eigenvalue weighted by Crippen LogP contribution is -2.33. The topological polar surface area (TPSA) is 41.5 Å². The highest BCUT2D eigenvalue weighted by molar-refractivity contribution is 5.31. The van der Waals surface area contributed by atoms with Crippen LogP contribution in [-0.4, -0.2) is 23.3 Å². The van der Waals surface area contributed by atoms with Crippen LogP contribution in [0.1, 0.15) is 45.3 Å². The Morgan fingerprint density at radius 2 is 2.00 bits per heavy atom. The number of benzene rings is 1. The van der Waals surface area contributed by atoms with Crippen molar-refractivity contribution in [2.24, 2.45) is 0 Å². The maximum absolute atomic E-state index is 13.9. The van der Waals surface area contributed by atoms with Gasteiger partial charge in [-0.3, -0.25) is 0 Å². The molecule has 1 aromatic carbocycles. The molecule has 0 amide bonds. The Bertz CT molecular complexity index is 432. The Morgan fingerprint density at radius 1 is 1.32 bits per heavy atom. The Kier molecular flexibility index (Phi) is 4.42. The summed E-state index contributed by atoms with van der Waals surface area (Å²) >= 11 is 0. The van der Waals surface area contributed by atoms with Crippen LogP contribution in [0.4, 0.5) is 4.39 Å². The maximum Gasteiger partial charge on any atom is 0.165 e. The van der Waals surface area contributed by atoms with Gasteiger partial charge in [-0.2, -0.15) is 0 Å². The molecule has 0 radical (unpaired) electrons. The van der Waals surface area contributed by atoms with Crippen LogP contribution in [-0.2, 0) is 0 Å². The van der Waals surface area contributed by atoms with E-state index in [2.05, 4.69) is 5.32 Å². The molecule has 1 saturated carbocycles. The van der Waals surface area contributed by atoms with Crippen LogP contribution in [0.3, 0.4) is 0 Å². The fourth-order valence-corrected chi connectivity index (χ4v) is 2.05. The van der Waals surface area contributed by atoms with Gasteiger partial charge in [0, 0.05) is 12.1 Å². The summed E-state index contributed by atoms with van der Waals surface area (Å²) < 4.78 is 19.2. The van der Waals surface area contributed by atoms with Crippen molar-refractivity contribution in [2.75, 3.05) is 0 Å². The van der Waals surface area contributed by atoms with E-state index in [4.69, 9.17) is 4.74 Å². The quantitative estimate of drug-likeness (QED) is 0.832. The summed E-state index contributed by atoms with van der Waals surface area (Å²) in [6, 6.07) is 5.09. The van der Waals surface area contributed by atoms with Gasteiger partial charge in [0.2, 0.25) is 0 Å². The zero-order valence-corrected chi connectivity index (χ0v) is 11.7. The number of rotatable bonds is 6. The molecule has 106 valence electrons. The third kappa shape index (κ3) is 3.91. The van der Waals surface area contributed by atoms with Gasteiger partial charge in [0.05, 0.1) is 12.2 Å². The van der Waals surface area contributed by atoms with E-state index in [1.807, 2.05) is 20.8 Å². The highest BCUT2D eigenvalue weighted by Crippen LogP contribution is 2.27. The first kappa shape index (κ1) is 14.3. The first-order chi connectivity index (χ1) is 8.97. The summed E-state index contributed by atoms with van der Waals surface area (Å²) in [4.78, 5) is 0. The number of halogens is 1. The molecule has 0 saturated heterocycles. The summed E-state index contributed by atoms with van der Waals surface area (Å²) in [7, 11) is 0. The first-order valence-corrected chi connectivity index (χ1v) is 6.87. The molecule has 1 aliphatic carbocycles. The number of aliphatic hydroxyl groups is 1. The first-order valence-electron chi connectivity index (χ1n) is 6.87. The smallest absolute Gasteiger partial charge is 0.165 e. The standard InChI is InChI=1S/C15H22FNO2/c1-9(2)19-14-7-4-11(8-13(14)16)15(18)10(3)17-12-5-6-12/h4,7-10,12,15,17-18H,5-6H2,1-3H3. The summed E-state index contributed by atoms with van der Waals surface area (Å²) in [5, 5.41) is 13.5. The van der Waals surface area contributed by atoms with E-state index in [0.717, 1.165) is 12.8 Å². The molecule has 1 aliphatic rings. The predicted octanol–water partition coefficient (Wildman–Crippen LogP) is 2.79. The van der Waals surface area contributed by atoms with Crippen molar-refractivity contribution in [3.8, 4) is 5.75 Å². The molecule has 2 rings (SSSR count). The van der Waals surface area contributed by atoms with Crippen LogP contribution in [0.5, 0.6) is 5.75 Å². The van der Waals surface area contributed by atoms with Crippen molar-refractivity contribution in [3.63, 3.8) is 0 Å². The van der Waals surface area contributed by atoms with Crippen LogP contribution in [0.2, 0.25) is 0 Å².